The molecule has 0 bridgehead atoms. The first-order valence-electron chi connectivity index (χ1n) is 11.6. The van der Waals surface area contributed by atoms with Crippen LogP contribution in [-0.2, 0) is 11.3 Å². The maximum absolute atomic E-state index is 13.2. The van der Waals surface area contributed by atoms with Crippen LogP contribution < -0.4 is 5.32 Å². The van der Waals surface area contributed by atoms with E-state index >= 15 is 0 Å². The Morgan fingerprint density at radius 2 is 1.94 bits per heavy atom. The summed E-state index contributed by atoms with van der Waals surface area (Å²) in [5, 5.41) is 8.00. The van der Waals surface area contributed by atoms with Crippen molar-refractivity contribution in [2.24, 2.45) is 11.8 Å². The smallest absolute Gasteiger partial charge is 0.241 e. The fourth-order valence-electron chi connectivity index (χ4n) is 4.40. The fourth-order valence-corrected chi connectivity index (χ4v) is 4.62. The summed E-state index contributed by atoms with van der Waals surface area (Å²) in [7, 11) is 0. The largest absolute Gasteiger partial charge is 0.349 e. The third kappa shape index (κ3) is 6.21. The van der Waals surface area contributed by atoms with Gasteiger partial charge < -0.3 is 9.84 Å². The third-order valence-corrected chi connectivity index (χ3v) is 6.37. The number of rotatable bonds is 8. The van der Waals surface area contributed by atoms with Gasteiger partial charge >= 0.3 is 0 Å². The highest BCUT2D eigenvalue weighted by Gasteiger charge is 2.29. The summed E-state index contributed by atoms with van der Waals surface area (Å²) in [6.45, 7) is 6.48. The Hall–Kier alpha value is -2.70. The molecule has 1 amide bonds. The molecule has 1 saturated heterocycles. The molecular weight excluding hydrogens is 436 g/mol. The summed E-state index contributed by atoms with van der Waals surface area (Å²) >= 11 is 6.25. The van der Waals surface area contributed by atoms with Crippen molar-refractivity contribution in [3.63, 3.8) is 0 Å². The first kappa shape index (κ1) is 23.5. The SMILES string of the molecule is CC(C)CC(NC(=O)C1CCCN(Cc2nc(-c3ccccc3Cl)no2)C1)c1ccccc1. The van der Waals surface area contributed by atoms with E-state index in [2.05, 4.69) is 46.3 Å². The highest BCUT2D eigenvalue weighted by Crippen LogP contribution is 2.27. The molecule has 2 unspecified atom stereocenters. The predicted molar refractivity (Wildman–Crippen MR) is 130 cm³/mol. The summed E-state index contributed by atoms with van der Waals surface area (Å²) in [6, 6.07) is 17.7. The summed E-state index contributed by atoms with van der Waals surface area (Å²) in [4.78, 5) is 19.9. The third-order valence-electron chi connectivity index (χ3n) is 6.04. The highest BCUT2D eigenvalue weighted by molar-refractivity contribution is 6.33. The summed E-state index contributed by atoms with van der Waals surface area (Å²) in [5.41, 5.74) is 1.91. The minimum absolute atomic E-state index is 0.0307. The molecule has 1 aliphatic heterocycles. The van der Waals surface area contributed by atoms with Crippen LogP contribution in [0.5, 0.6) is 0 Å². The molecule has 0 saturated carbocycles. The van der Waals surface area contributed by atoms with Gasteiger partial charge in [-0.2, -0.15) is 4.98 Å². The van der Waals surface area contributed by atoms with Gasteiger partial charge in [-0.25, -0.2) is 0 Å². The summed E-state index contributed by atoms with van der Waals surface area (Å²) in [5.74, 6) is 1.58. The van der Waals surface area contributed by atoms with Crippen molar-refractivity contribution in [1.82, 2.24) is 20.4 Å². The van der Waals surface area contributed by atoms with Gasteiger partial charge in [-0.15, -0.1) is 0 Å². The van der Waals surface area contributed by atoms with Crippen molar-refractivity contribution >= 4 is 17.5 Å². The lowest BCUT2D eigenvalue weighted by atomic mass is 9.93. The molecule has 1 N–H and O–H groups in total. The van der Waals surface area contributed by atoms with E-state index in [0.717, 1.165) is 36.9 Å². The lowest BCUT2D eigenvalue weighted by Gasteiger charge is -2.32. The first-order chi connectivity index (χ1) is 16.0. The van der Waals surface area contributed by atoms with Crippen LogP contribution in [0.2, 0.25) is 5.02 Å². The van der Waals surface area contributed by atoms with Crippen LogP contribution in [0.3, 0.4) is 0 Å². The van der Waals surface area contributed by atoms with Gasteiger partial charge in [0.1, 0.15) is 0 Å². The number of nitrogens with zero attached hydrogens (tertiary/aromatic N) is 3. The lowest BCUT2D eigenvalue weighted by molar-refractivity contribution is -0.127. The molecule has 2 atom stereocenters. The number of aromatic nitrogens is 2. The Balaban J connectivity index is 1.38. The number of halogens is 1. The van der Waals surface area contributed by atoms with Gasteiger partial charge in [0.2, 0.25) is 17.6 Å². The molecule has 0 aliphatic carbocycles. The number of nitrogens with one attached hydrogen (secondary N) is 1. The van der Waals surface area contributed by atoms with Gasteiger partial charge in [0.05, 0.1) is 23.5 Å². The van der Waals surface area contributed by atoms with Crippen molar-refractivity contribution in [2.75, 3.05) is 13.1 Å². The molecule has 6 nitrogen and oxygen atoms in total. The van der Waals surface area contributed by atoms with Crippen molar-refractivity contribution in [2.45, 2.75) is 45.7 Å². The van der Waals surface area contributed by atoms with E-state index in [1.54, 1.807) is 0 Å². The molecule has 0 radical (unpaired) electrons. The quantitative estimate of drug-likeness (QED) is 0.474. The number of amides is 1. The number of carbonyl (C=O) groups is 1. The summed E-state index contributed by atoms with van der Waals surface area (Å²) in [6.07, 6.45) is 2.77. The normalized spacial score (nSPS) is 17.8. The minimum atomic E-state index is -0.0527. The van der Waals surface area contributed by atoms with Gasteiger partial charge in [0.15, 0.2) is 0 Å². The Labute approximate surface area is 200 Å². The Morgan fingerprint density at radius 1 is 1.18 bits per heavy atom. The second-order valence-corrected chi connectivity index (χ2v) is 9.57. The average molecular weight is 467 g/mol. The average Bonchev–Trinajstić information content (AvgIpc) is 3.27. The number of benzene rings is 2. The second kappa shape index (κ2) is 10.9. The lowest BCUT2D eigenvalue weighted by Crippen LogP contribution is -2.43. The van der Waals surface area contributed by atoms with Gasteiger partial charge in [-0.1, -0.05) is 73.1 Å². The van der Waals surface area contributed by atoms with E-state index < -0.39 is 0 Å². The van der Waals surface area contributed by atoms with Crippen LogP contribution in [0.15, 0.2) is 59.1 Å². The zero-order valence-electron chi connectivity index (χ0n) is 19.2. The number of piperidine rings is 1. The van der Waals surface area contributed by atoms with Gasteiger partial charge in [-0.3, -0.25) is 9.69 Å². The maximum atomic E-state index is 13.2. The van der Waals surface area contributed by atoms with Crippen LogP contribution in [0.1, 0.15) is 50.6 Å². The van der Waals surface area contributed by atoms with Gasteiger partial charge in [0.25, 0.3) is 0 Å². The number of likely N-dealkylation sites (tertiary alicyclic amines) is 1. The van der Waals surface area contributed by atoms with Crippen LogP contribution >= 0.6 is 11.6 Å². The molecule has 1 aliphatic rings. The molecule has 0 spiro atoms. The Kier molecular flexibility index (Phi) is 7.78. The van der Waals surface area contributed by atoms with E-state index in [0.29, 0.717) is 35.7 Å². The van der Waals surface area contributed by atoms with E-state index in [-0.39, 0.29) is 17.9 Å². The van der Waals surface area contributed by atoms with Crippen molar-refractivity contribution < 1.29 is 9.32 Å². The summed E-state index contributed by atoms with van der Waals surface area (Å²) < 4.78 is 5.48. The Morgan fingerprint density at radius 3 is 2.70 bits per heavy atom. The molecule has 4 rings (SSSR count). The predicted octanol–water partition coefficient (Wildman–Crippen LogP) is 5.51. The molecule has 2 aromatic carbocycles. The molecular formula is C26H31ClN4O2. The zero-order chi connectivity index (χ0) is 23.2. The van der Waals surface area contributed by atoms with Crippen LogP contribution in [-0.4, -0.2) is 34.0 Å². The molecule has 1 aromatic heterocycles. The van der Waals surface area contributed by atoms with Crippen molar-refractivity contribution in [3.05, 3.63) is 71.1 Å². The standard InChI is InChI=1S/C26H31ClN4O2/c1-18(2)15-23(19-9-4-3-5-10-19)28-26(32)20-11-8-14-31(16-20)17-24-29-25(30-33-24)21-12-6-7-13-22(21)27/h3-7,9-10,12-13,18,20,23H,8,11,14-17H2,1-2H3,(H,28,32). The first-order valence-corrected chi connectivity index (χ1v) is 12.0. The van der Waals surface area contributed by atoms with E-state index in [1.165, 1.54) is 0 Å². The van der Waals surface area contributed by atoms with E-state index in [4.69, 9.17) is 16.1 Å². The molecule has 1 fully saturated rings. The number of hydrogen-bond donors (Lipinski definition) is 1. The highest BCUT2D eigenvalue weighted by atomic mass is 35.5. The van der Waals surface area contributed by atoms with E-state index in [9.17, 15) is 4.79 Å². The topological polar surface area (TPSA) is 71.3 Å². The Bertz CT molecular complexity index is 1050. The maximum Gasteiger partial charge on any atom is 0.241 e. The number of carbonyl (C=O) groups excluding carboxylic acids is 1. The molecule has 7 heteroatoms. The molecule has 33 heavy (non-hydrogen) atoms. The molecule has 2 heterocycles. The van der Waals surface area contributed by atoms with Crippen LogP contribution in [0.4, 0.5) is 0 Å². The van der Waals surface area contributed by atoms with Gasteiger partial charge in [0, 0.05) is 12.1 Å². The van der Waals surface area contributed by atoms with Gasteiger partial charge in [-0.05, 0) is 49.4 Å². The van der Waals surface area contributed by atoms with Crippen molar-refractivity contribution in [3.8, 4) is 11.4 Å². The van der Waals surface area contributed by atoms with Crippen molar-refractivity contribution in [1.29, 1.82) is 0 Å². The van der Waals surface area contributed by atoms with E-state index in [1.807, 2.05) is 42.5 Å². The molecule has 3 aromatic rings. The zero-order valence-corrected chi connectivity index (χ0v) is 20.0. The second-order valence-electron chi connectivity index (χ2n) is 9.17. The monoisotopic (exact) mass is 466 g/mol. The molecule has 174 valence electrons. The number of hydrogen-bond acceptors (Lipinski definition) is 5. The van der Waals surface area contributed by atoms with Crippen LogP contribution in [0, 0.1) is 11.8 Å². The van der Waals surface area contributed by atoms with Crippen LogP contribution in [0.25, 0.3) is 11.4 Å². The minimum Gasteiger partial charge on any atom is -0.349 e. The fraction of sp³-hybridized carbons (Fsp3) is 0.423.